The zero-order valence-electron chi connectivity index (χ0n) is 45.3. The molecular weight excluding hydrogens is 851 g/mol. The van der Waals surface area contributed by atoms with Gasteiger partial charge in [-0.05, 0) is 95.5 Å². The summed E-state index contributed by atoms with van der Waals surface area (Å²) in [6.07, 6.45) is 0. The molecule has 5 heterocycles. The second-order valence-electron chi connectivity index (χ2n) is 17.7. The molecule has 0 fully saturated rings. The van der Waals surface area contributed by atoms with Gasteiger partial charge in [-0.2, -0.15) is 0 Å². The van der Waals surface area contributed by atoms with Gasteiger partial charge in [0.15, 0.2) is 0 Å². The number of rotatable bonds is 6. The summed E-state index contributed by atoms with van der Waals surface area (Å²) in [6.45, 7) is 0. The highest BCUT2D eigenvalue weighted by Crippen LogP contribution is 2.45. The van der Waals surface area contributed by atoms with Gasteiger partial charge in [0.1, 0.15) is 11.6 Å². The second kappa shape index (κ2) is 15.0. The fourth-order valence-corrected chi connectivity index (χ4v) is 11.1. The minimum absolute atomic E-state index is 0.0177. The van der Waals surface area contributed by atoms with Crippen LogP contribution in [-0.2, 0) is 0 Å². The maximum absolute atomic E-state index is 9.57. The van der Waals surface area contributed by atoms with Gasteiger partial charge in [0.2, 0.25) is 0 Å². The van der Waals surface area contributed by atoms with Gasteiger partial charge in [-0.15, -0.1) is 0 Å². The molecule has 15 aromatic rings. The largest absolute Gasteiger partial charge is 0.309 e. The first-order valence-electron chi connectivity index (χ1n) is 27.3. The average Bonchev–Trinajstić information content (AvgIpc) is 4.07. The number of fused-ring (bicyclic) bond motifs is 12. The first-order valence-corrected chi connectivity index (χ1v) is 23.3. The Labute approximate surface area is 413 Å². The normalized spacial score (nSPS) is 13.6. The number of hydrogen-bond acceptors (Lipinski definition) is 1. The van der Waals surface area contributed by atoms with Crippen LogP contribution in [0.4, 0.5) is 0 Å². The molecule has 0 saturated carbocycles. The molecule has 10 aromatic carbocycles. The van der Waals surface area contributed by atoms with Gasteiger partial charge in [0.05, 0.1) is 60.8 Å². The fraction of sp³-hybridized carbons (Fsp3) is 0. The lowest BCUT2D eigenvalue weighted by atomic mass is 9.92. The van der Waals surface area contributed by atoms with Crippen molar-refractivity contribution < 1.29 is 11.0 Å². The van der Waals surface area contributed by atoms with E-state index in [1.165, 1.54) is 4.57 Å². The summed E-state index contributed by atoms with van der Waals surface area (Å²) in [5.74, 6) is 0.654. The monoisotopic (exact) mass is 899 g/mol. The molecule has 0 saturated heterocycles. The Hall–Kier alpha value is -9.45. The van der Waals surface area contributed by atoms with Crippen molar-refractivity contribution in [1.82, 2.24) is 23.3 Å². The Morgan fingerprint density at radius 1 is 0.300 bits per heavy atom. The summed E-state index contributed by atoms with van der Waals surface area (Å²) >= 11 is 0. The van der Waals surface area contributed by atoms with Crippen molar-refractivity contribution >= 4 is 87.2 Å². The lowest BCUT2D eigenvalue weighted by Gasteiger charge is -2.21. The first-order chi connectivity index (χ1) is 38.1. The van der Waals surface area contributed by atoms with E-state index in [4.69, 9.17) is 10.5 Å². The van der Waals surface area contributed by atoms with Crippen LogP contribution in [0.2, 0.25) is 0 Å². The Bertz CT molecular complexity index is 4900. The lowest BCUT2D eigenvalue weighted by Crippen LogP contribution is -2.06. The van der Waals surface area contributed by atoms with Gasteiger partial charge in [0.25, 0.3) is 0 Å². The molecule has 0 spiro atoms. The van der Waals surface area contributed by atoms with Crippen LogP contribution >= 0.6 is 0 Å². The molecule has 0 bridgehead atoms. The van der Waals surface area contributed by atoms with Crippen LogP contribution in [-0.4, -0.2) is 23.3 Å². The van der Waals surface area contributed by atoms with Crippen LogP contribution in [0.1, 0.15) is 11.0 Å². The molecule has 0 radical (unpaired) electrons. The number of aromatic nitrogens is 5. The van der Waals surface area contributed by atoms with Gasteiger partial charge >= 0.3 is 0 Å². The van der Waals surface area contributed by atoms with Crippen molar-refractivity contribution in [1.29, 1.82) is 0 Å². The predicted molar refractivity (Wildman–Crippen MR) is 292 cm³/mol. The van der Waals surface area contributed by atoms with Crippen LogP contribution in [0.25, 0.3) is 132 Å². The molecule has 5 aromatic heterocycles. The van der Waals surface area contributed by atoms with E-state index < -0.39 is 48.3 Å². The Morgan fingerprint density at radius 2 is 0.743 bits per heavy atom. The first kappa shape index (κ1) is 31.5. The van der Waals surface area contributed by atoms with Crippen molar-refractivity contribution in [2.75, 3.05) is 0 Å². The van der Waals surface area contributed by atoms with Gasteiger partial charge in [-0.1, -0.05) is 170 Å². The number of para-hydroxylation sites is 8. The SMILES string of the molecule is [2H]c1c([2H])c([2H])c2c(c1[2H])c1c([2H])c([2H])c([2H])c([2H])c1n2-c1cc(-c2c(-c3ccc4c5ccccc5n(-c5ccccc5)c4c3)cccc2-n2c3ccccc3c3ccccc32)cc(-n2c3ccccc3c3ccccc32)n1. The molecule has 0 aliphatic rings. The van der Waals surface area contributed by atoms with Crippen LogP contribution in [0.3, 0.4) is 0 Å². The van der Waals surface area contributed by atoms with Crippen molar-refractivity contribution in [3.8, 4) is 45.3 Å². The number of hydrogen-bond donors (Lipinski definition) is 0. The summed E-state index contributed by atoms with van der Waals surface area (Å²) < 4.78 is 81.8. The van der Waals surface area contributed by atoms with Gasteiger partial charge < -0.3 is 9.13 Å². The number of benzene rings is 10. The Morgan fingerprint density at radius 3 is 1.29 bits per heavy atom. The minimum atomic E-state index is -0.514. The maximum Gasteiger partial charge on any atom is 0.140 e. The molecule has 5 heteroatoms. The second-order valence-corrected chi connectivity index (χ2v) is 17.7. The van der Waals surface area contributed by atoms with Crippen molar-refractivity contribution in [3.63, 3.8) is 0 Å². The fourth-order valence-electron chi connectivity index (χ4n) is 11.1. The molecule has 15 rings (SSSR count). The molecule has 0 aliphatic carbocycles. The average molecular weight is 900 g/mol. The van der Waals surface area contributed by atoms with Crippen LogP contribution in [0.15, 0.2) is 249 Å². The topological polar surface area (TPSA) is 32.6 Å². The molecule has 326 valence electrons. The molecular formula is C65H41N5. The third-order valence-corrected chi connectivity index (χ3v) is 14.0. The van der Waals surface area contributed by atoms with E-state index in [0.717, 1.165) is 93.5 Å². The van der Waals surface area contributed by atoms with Crippen molar-refractivity contribution in [2.45, 2.75) is 0 Å². The summed E-state index contributed by atoms with van der Waals surface area (Å²) in [6, 6.07) is 65.1. The molecule has 0 aliphatic heterocycles. The van der Waals surface area contributed by atoms with Crippen molar-refractivity contribution in [2.24, 2.45) is 0 Å². The van der Waals surface area contributed by atoms with E-state index in [-0.39, 0.29) is 27.6 Å². The van der Waals surface area contributed by atoms with Gasteiger partial charge in [0, 0.05) is 54.3 Å². The molecule has 70 heavy (non-hydrogen) atoms. The maximum atomic E-state index is 9.57. The van der Waals surface area contributed by atoms with E-state index in [1.54, 1.807) is 0 Å². The Kier molecular flexibility index (Phi) is 6.76. The highest BCUT2D eigenvalue weighted by Gasteiger charge is 2.24. The van der Waals surface area contributed by atoms with E-state index in [9.17, 15) is 5.48 Å². The smallest absolute Gasteiger partial charge is 0.140 e. The zero-order valence-corrected chi connectivity index (χ0v) is 37.3. The number of nitrogens with zero attached hydrogens (tertiary/aromatic N) is 5. The summed E-state index contributed by atoms with van der Waals surface area (Å²) in [7, 11) is 0. The molecule has 0 atom stereocenters. The molecule has 5 nitrogen and oxygen atoms in total. The molecule has 0 amide bonds. The lowest BCUT2D eigenvalue weighted by molar-refractivity contribution is 1.01. The van der Waals surface area contributed by atoms with E-state index in [1.807, 2.05) is 36.4 Å². The predicted octanol–water partition coefficient (Wildman–Crippen LogP) is 16.8. The zero-order chi connectivity index (χ0) is 52.8. The van der Waals surface area contributed by atoms with Gasteiger partial charge in [-0.3, -0.25) is 9.13 Å². The standard InChI is InChI=1S/C65H41N5/c1-2-19-44(20-3-1)67-54-29-11-4-27-52(54)53-38-37-42(39-62(53)67)45-28-18-36-61(68-55-30-12-5-21-46(55)47-22-6-13-31-56(47)68)65(45)43-40-63(69-57-32-14-7-23-48(57)49-24-8-15-33-58(49)69)66-64(41-43)70-59-34-16-9-25-50(59)51-26-10-17-35-60(51)70/h1-41H/i7D,8D,14D,15D,23D,24D,32D,33D. The Balaban J connectivity index is 1.14. The van der Waals surface area contributed by atoms with Crippen molar-refractivity contribution in [3.05, 3.63) is 249 Å². The summed E-state index contributed by atoms with van der Waals surface area (Å²) in [4.78, 5) is 5.51. The minimum Gasteiger partial charge on any atom is -0.309 e. The summed E-state index contributed by atoms with van der Waals surface area (Å²) in [5.41, 5.74) is 11.0. The van der Waals surface area contributed by atoms with E-state index in [2.05, 4.69) is 177 Å². The quantitative estimate of drug-likeness (QED) is 0.164. The van der Waals surface area contributed by atoms with Crippen LogP contribution < -0.4 is 0 Å². The third-order valence-electron chi connectivity index (χ3n) is 14.0. The highest BCUT2D eigenvalue weighted by atomic mass is 15.1. The highest BCUT2D eigenvalue weighted by molar-refractivity contribution is 6.14. The third kappa shape index (κ3) is 5.57. The molecule has 0 unspecified atom stereocenters. The van der Waals surface area contributed by atoms with E-state index >= 15 is 0 Å². The summed E-state index contributed by atoms with van der Waals surface area (Å²) in [5, 5.41) is 6.31. The van der Waals surface area contributed by atoms with Crippen LogP contribution in [0.5, 0.6) is 0 Å². The molecule has 0 N–H and O–H groups in total. The van der Waals surface area contributed by atoms with E-state index in [0.29, 0.717) is 11.4 Å². The van der Waals surface area contributed by atoms with Gasteiger partial charge in [-0.25, -0.2) is 4.98 Å². The number of pyridine rings is 1. The van der Waals surface area contributed by atoms with Crippen LogP contribution in [0, 0.1) is 0 Å².